The molecule has 0 spiro atoms. The van der Waals surface area contributed by atoms with E-state index in [1.165, 1.54) is 38.6 Å². The molecule has 0 saturated carbocycles. The maximum Gasteiger partial charge on any atom is 0.136 e. The van der Waals surface area contributed by atoms with Crippen molar-refractivity contribution in [3.05, 3.63) is 212 Å². The topological polar surface area (TPSA) is 16.4 Å². The molecular formula is C52H35NO. The first-order valence-corrected chi connectivity index (χ1v) is 18.4. The molecule has 0 aliphatic rings. The molecule has 0 radical (unpaired) electrons. The summed E-state index contributed by atoms with van der Waals surface area (Å²) in [7, 11) is 0. The van der Waals surface area contributed by atoms with Gasteiger partial charge in [0.1, 0.15) is 11.2 Å². The lowest BCUT2D eigenvalue weighted by Gasteiger charge is -2.28. The average molecular weight is 690 g/mol. The fourth-order valence-electron chi connectivity index (χ4n) is 7.72. The van der Waals surface area contributed by atoms with Gasteiger partial charge >= 0.3 is 0 Å². The van der Waals surface area contributed by atoms with Crippen molar-refractivity contribution in [1.82, 2.24) is 0 Å². The molecule has 0 saturated heterocycles. The predicted octanol–water partition coefficient (Wildman–Crippen LogP) is 14.9. The third-order valence-corrected chi connectivity index (χ3v) is 10.5. The molecule has 2 nitrogen and oxygen atoms in total. The van der Waals surface area contributed by atoms with Crippen LogP contribution in [0.3, 0.4) is 0 Å². The van der Waals surface area contributed by atoms with E-state index in [0.29, 0.717) is 0 Å². The minimum atomic E-state index is 0.886. The molecule has 0 atom stereocenters. The second-order valence-corrected chi connectivity index (χ2v) is 13.8. The van der Waals surface area contributed by atoms with E-state index in [4.69, 9.17) is 4.42 Å². The maximum atomic E-state index is 6.35. The molecule has 1 aromatic heterocycles. The smallest absolute Gasteiger partial charge is 0.136 e. The second kappa shape index (κ2) is 13.4. The Morgan fingerprint density at radius 3 is 1.70 bits per heavy atom. The van der Waals surface area contributed by atoms with E-state index in [-0.39, 0.29) is 0 Å². The number of hydrogen-bond acceptors (Lipinski definition) is 2. The van der Waals surface area contributed by atoms with Crippen LogP contribution in [0.15, 0.2) is 217 Å². The van der Waals surface area contributed by atoms with Gasteiger partial charge in [0.05, 0.1) is 5.69 Å². The Labute approximate surface area is 314 Å². The van der Waals surface area contributed by atoms with Crippen LogP contribution in [-0.4, -0.2) is 0 Å². The third kappa shape index (κ3) is 5.81. The number of fused-ring (bicyclic) bond motifs is 4. The Morgan fingerprint density at radius 1 is 0.296 bits per heavy atom. The summed E-state index contributed by atoms with van der Waals surface area (Å²) in [6.07, 6.45) is 0. The van der Waals surface area contributed by atoms with Gasteiger partial charge in [0, 0.05) is 27.7 Å². The lowest BCUT2D eigenvalue weighted by Crippen LogP contribution is -2.11. The number of hydrogen-bond donors (Lipinski definition) is 0. The molecule has 10 aromatic rings. The molecular weight excluding hydrogens is 655 g/mol. The van der Waals surface area contributed by atoms with Gasteiger partial charge in [-0.25, -0.2) is 0 Å². The number of rotatable bonds is 7. The molecule has 1 heterocycles. The summed E-state index contributed by atoms with van der Waals surface area (Å²) < 4.78 is 6.35. The number of anilines is 3. The molecule has 54 heavy (non-hydrogen) atoms. The second-order valence-electron chi connectivity index (χ2n) is 13.8. The molecule has 0 aliphatic heterocycles. The summed E-state index contributed by atoms with van der Waals surface area (Å²) >= 11 is 0. The first-order chi connectivity index (χ1) is 26.7. The Balaban J connectivity index is 1.07. The first-order valence-electron chi connectivity index (χ1n) is 18.4. The average Bonchev–Trinajstić information content (AvgIpc) is 3.63. The Hall–Kier alpha value is -7.16. The largest absolute Gasteiger partial charge is 0.456 e. The van der Waals surface area contributed by atoms with Crippen molar-refractivity contribution >= 4 is 49.8 Å². The molecule has 0 bridgehead atoms. The van der Waals surface area contributed by atoms with E-state index in [9.17, 15) is 0 Å². The zero-order valence-corrected chi connectivity index (χ0v) is 29.6. The number of furan rings is 1. The Kier molecular flexibility index (Phi) is 7.85. The van der Waals surface area contributed by atoms with Gasteiger partial charge in [-0.05, 0) is 104 Å². The highest BCUT2D eigenvalue weighted by molar-refractivity contribution is 6.06. The van der Waals surface area contributed by atoms with Gasteiger partial charge in [-0.15, -0.1) is 0 Å². The van der Waals surface area contributed by atoms with Crippen LogP contribution in [0.2, 0.25) is 0 Å². The van der Waals surface area contributed by atoms with Gasteiger partial charge in [0.2, 0.25) is 0 Å². The van der Waals surface area contributed by atoms with Crippen LogP contribution in [-0.2, 0) is 0 Å². The molecule has 0 amide bonds. The van der Waals surface area contributed by atoms with E-state index in [1.807, 2.05) is 12.1 Å². The van der Waals surface area contributed by atoms with Crippen LogP contribution in [0, 0.1) is 0 Å². The predicted molar refractivity (Wildman–Crippen MR) is 228 cm³/mol. The first kappa shape index (κ1) is 31.6. The van der Waals surface area contributed by atoms with Crippen LogP contribution in [0.4, 0.5) is 17.1 Å². The van der Waals surface area contributed by atoms with E-state index < -0.39 is 0 Å². The van der Waals surface area contributed by atoms with Gasteiger partial charge < -0.3 is 9.32 Å². The van der Waals surface area contributed by atoms with E-state index >= 15 is 0 Å². The highest BCUT2D eigenvalue weighted by atomic mass is 16.3. The van der Waals surface area contributed by atoms with Crippen molar-refractivity contribution in [3.8, 4) is 44.5 Å². The lowest BCUT2D eigenvalue weighted by molar-refractivity contribution is 0.669. The van der Waals surface area contributed by atoms with Gasteiger partial charge in [-0.1, -0.05) is 158 Å². The Morgan fingerprint density at radius 2 is 0.870 bits per heavy atom. The monoisotopic (exact) mass is 689 g/mol. The van der Waals surface area contributed by atoms with E-state index in [0.717, 1.165) is 55.7 Å². The van der Waals surface area contributed by atoms with E-state index in [1.54, 1.807) is 0 Å². The summed E-state index contributed by atoms with van der Waals surface area (Å²) in [6, 6.07) is 76.0. The maximum absolute atomic E-state index is 6.35. The molecule has 0 aliphatic carbocycles. The van der Waals surface area contributed by atoms with Crippen molar-refractivity contribution in [1.29, 1.82) is 0 Å². The van der Waals surface area contributed by atoms with Crippen molar-refractivity contribution in [3.63, 3.8) is 0 Å². The zero-order chi connectivity index (χ0) is 35.8. The van der Waals surface area contributed by atoms with Crippen LogP contribution >= 0.6 is 0 Å². The molecule has 10 rings (SSSR count). The fraction of sp³-hybridized carbons (Fsp3) is 0. The highest BCUT2D eigenvalue weighted by Crippen LogP contribution is 2.43. The Bertz CT molecular complexity index is 2920. The SMILES string of the molecule is c1ccc(-c2ccc(N(c3cccc(-c4ccc(-c5ccc6ccccc6c5)cc4)c3)c3ccccc3-c3ccc4c(c3)oc3ccccc34)cc2)cc1. The molecule has 0 N–H and O–H groups in total. The van der Waals surface area contributed by atoms with Crippen molar-refractivity contribution in [2.75, 3.05) is 4.90 Å². The van der Waals surface area contributed by atoms with Gasteiger partial charge in [0.25, 0.3) is 0 Å². The van der Waals surface area contributed by atoms with Crippen molar-refractivity contribution in [2.24, 2.45) is 0 Å². The molecule has 0 unspecified atom stereocenters. The molecule has 2 heteroatoms. The van der Waals surface area contributed by atoms with Gasteiger partial charge in [0.15, 0.2) is 0 Å². The quantitative estimate of drug-likeness (QED) is 0.166. The van der Waals surface area contributed by atoms with Crippen molar-refractivity contribution < 1.29 is 4.42 Å². The van der Waals surface area contributed by atoms with Crippen LogP contribution in [0.25, 0.3) is 77.2 Å². The summed E-state index contributed by atoms with van der Waals surface area (Å²) in [6.45, 7) is 0. The van der Waals surface area contributed by atoms with Crippen LogP contribution in [0.5, 0.6) is 0 Å². The summed E-state index contributed by atoms with van der Waals surface area (Å²) in [5.74, 6) is 0. The lowest BCUT2D eigenvalue weighted by atomic mass is 9.97. The fourth-order valence-corrected chi connectivity index (χ4v) is 7.72. The molecule has 9 aromatic carbocycles. The van der Waals surface area contributed by atoms with Crippen LogP contribution in [0.1, 0.15) is 0 Å². The standard InChI is InChI=1S/C52H35NO/c1-2-11-36(12-3-1)38-27-30-45(31-28-38)53(50-19-8-6-17-47(50)44-29-32-49-48-18-7-9-20-51(48)54-52(49)35-44)46-16-10-15-42(34-46)39-21-23-40(24-22-39)43-26-25-37-13-4-5-14-41(37)33-43/h1-35H. The van der Waals surface area contributed by atoms with Crippen LogP contribution < -0.4 is 4.90 Å². The molecule has 254 valence electrons. The minimum absolute atomic E-state index is 0.886. The molecule has 0 fully saturated rings. The van der Waals surface area contributed by atoms with Gasteiger partial charge in [-0.3, -0.25) is 0 Å². The normalized spacial score (nSPS) is 11.3. The number of benzene rings is 9. The minimum Gasteiger partial charge on any atom is -0.456 e. The van der Waals surface area contributed by atoms with Crippen molar-refractivity contribution in [2.45, 2.75) is 0 Å². The summed E-state index contributed by atoms with van der Waals surface area (Å²) in [4.78, 5) is 2.37. The number of nitrogens with zero attached hydrogens (tertiary/aromatic N) is 1. The summed E-state index contributed by atoms with van der Waals surface area (Å²) in [5, 5.41) is 4.76. The zero-order valence-electron chi connectivity index (χ0n) is 29.6. The van der Waals surface area contributed by atoms with Gasteiger partial charge in [-0.2, -0.15) is 0 Å². The summed E-state index contributed by atoms with van der Waals surface area (Å²) in [5.41, 5.74) is 14.4. The third-order valence-electron chi connectivity index (χ3n) is 10.5. The van der Waals surface area contributed by atoms with E-state index in [2.05, 4.69) is 205 Å². The number of para-hydroxylation sites is 2. The highest BCUT2D eigenvalue weighted by Gasteiger charge is 2.19.